The van der Waals surface area contributed by atoms with Crippen LogP contribution in [0.4, 0.5) is 5.69 Å². The Morgan fingerprint density at radius 2 is 1.66 bits per heavy atom. The minimum Gasteiger partial charge on any atom is -0.496 e. The molecule has 1 N–H and O–H groups in total. The Hall–Kier alpha value is -2.58. The maximum absolute atomic E-state index is 12.6. The van der Waals surface area contributed by atoms with Gasteiger partial charge in [-0.3, -0.25) is 4.79 Å². The van der Waals surface area contributed by atoms with E-state index in [1.165, 1.54) is 7.11 Å². The Morgan fingerprint density at radius 3 is 2.34 bits per heavy atom. The minimum absolute atomic E-state index is 0.0184. The second-order valence-corrected chi connectivity index (χ2v) is 8.94. The summed E-state index contributed by atoms with van der Waals surface area (Å²) in [4.78, 5) is 14.5. The fraction of sp³-hybridized carbons (Fsp3) is 0.381. The highest BCUT2D eigenvalue weighted by atomic mass is 32.2. The number of hydrogen-bond donors (Lipinski definition) is 1. The first kappa shape index (κ1) is 21.1. The number of rotatable bonds is 8. The highest BCUT2D eigenvalue weighted by Gasteiger charge is 2.26. The first-order valence-corrected chi connectivity index (χ1v) is 11.3. The first-order valence-electron chi connectivity index (χ1n) is 9.70. The molecule has 1 fully saturated rings. The van der Waals surface area contributed by atoms with Crippen LogP contribution < -0.4 is 15.0 Å². The Balaban J connectivity index is 1.44. The minimum atomic E-state index is -3.33. The van der Waals surface area contributed by atoms with Crippen molar-refractivity contribution in [1.29, 1.82) is 0 Å². The molecule has 29 heavy (non-hydrogen) atoms. The van der Waals surface area contributed by atoms with Crippen molar-refractivity contribution in [1.82, 2.24) is 9.62 Å². The van der Waals surface area contributed by atoms with E-state index in [4.69, 9.17) is 4.74 Å². The number of para-hydroxylation sites is 2. The Bertz CT molecular complexity index is 911. The highest BCUT2D eigenvalue weighted by molar-refractivity contribution is 7.89. The zero-order chi connectivity index (χ0) is 20.7. The van der Waals surface area contributed by atoms with Crippen molar-refractivity contribution >= 4 is 21.6 Å². The molecule has 0 spiro atoms. The quantitative estimate of drug-likeness (QED) is 0.665. The van der Waals surface area contributed by atoms with E-state index in [1.807, 2.05) is 30.3 Å². The van der Waals surface area contributed by atoms with Crippen molar-refractivity contribution in [3.05, 3.63) is 60.2 Å². The zero-order valence-electron chi connectivity index (χ0n) is 16.6. The molecule has 7 nitrogen and oxygen atoms in total. The lowest BCUT2D eigenvalue weighted by Gasteiger charge is -2.35. The van der Waals surface area contributed by atoms with Crippen LogP contribution in [0.5, 0.6) is 5.75 Å². The van der Waals surface area contributed by atoms with Crippen molar-refractivity contribution in [2.24, 2.45) is 0 Å². The number of nitrogens with one attached hydrogen (secondary N) is 1. The largest absolute Gasteiger partial charge is 0.496 e. The van der Waals surface area contributed by atoms with E-state index >= 15 is 0 Å². The molecule has 0 atom stereocenters. The van der Waals surface area contributed by atoms with Crippen molar-refractivity contribution in [2.75, 3.05) is 50.5 Å². The van der Waals surface area contributed by atoms with E-state index in [-0.39, 0.29) is 11.7 Å². The average molecular weight is 418 g/mol. The Kier molecular flexibility index (Phi) is 7.11. The van der Waals surface area contributed by atoms with Gasteiger partial charge in [-0.25, -0.2) is 8.42 Å². The zero-order valence-corrected chi connectivity index (χ0v) is 17.4. The molecular weight excluding hydrogens is 390 g/mol. The van der Waals surface area contributed by atoms with Gasteiger partial charge < -0.3 is 15.0 Å². The third-order valence-electron chi connectivity index (χ3n) is 4.97. The predicted octanol–water partition coefficient (Wildman–Crippen LogP) is 1.97. The molecule has 0 aliphatic carbocycles. The smallest absolute Gasteiger partial charge is 0.255 e. The van der Waals surface area contributed by atoms with Crippen molar-refractivity contribution in [3.63, 3.8) is 0 Å². The predicted molar refractivity (Wildman–Crippen MR) is 114 cm³/mol. The van der Waals surface area contributed by atoms with Crippen molar-refractivity contribution < 1.29 is 17.9 Å². The van der Waals surface area contributed by atoms with Gasteiger partial charge in [0, 0.05) is 38.4 Å². The summed E-state index contributed by atoms with van der Waals surface area (Å²) in [5.74, 6) is 0.245. The highest BCUT2D eigenvalue weighted by Crippen LogP contribution is 2.18. The molecule has 2 aromatic rings. The van der Waals surface area contributed by atoms with Crippen molar-refractivity contribution in [2.45, 2.75) is 6.42 Å². The van der Waals surface area contributed by atoms with Crippen molar-refractivity contribution in [3.8, 4) is 5.75 Å². The lowest BCUT2D eigenvalue weighted by atomic mass is 10.2. The number of methoxy groups -OCH3 is 1. The molecule has 0 aromatic heterocycles. The van der Waals surface area contributed by atoms with E-state index < -0.39 is 10.0 Å². The van der Waals surface area contributed by atoms with Gasteiger partial charge in [-0.05, 0) is 30.7 Å². The summed E-state index contributed by atoms with van der Waals surface area (Å²) in [5, 5.41) is 2.77. The molecule has 3 rings (SSSR count). The van der Waals surface area contributed by atoms with Crippen LogP contribution in [-0.2, 0) is 10.0 Å². The molecule has 8 heteroatoms. The molecule has 2 aromatic carbocycles. The van der Waals surface area contributed by atoms with Gasteiger partial charge in [0.15, 0.2) is 0 Å². The summed E-state index contributed by atoms with van der Waals surface area (Å²) in [5.41, 5.74) is 1.55. The monoisotopic (exact) mass is 417 g/mol. The molecule has 1 heterocycles. The molecule has 0 unspecified atom stereocenters. The lowest BCUT2D eigenvalue weighted by molar-refractivity contribution is 0.0950. The second kappa shape index (κ2) is 9.76. The maximum Gasteiger partial charge on any atom is 0.255 e. The number of benzene rings is 2. The molecular formula is C21H27N3O4S. The van der Waals surface area contributed by atoms with Gasteiger partial charge in [-0.15, -0.1) is 0 Å². The van der Waals surface area contributed by atoms with E-state index in [1.54, 1.807) is 28.6 Å². The first-order chi connectivity index (χ1) is 14.0. The number of amides is 1. The number of piperazine rings is 1. The van der Waals surface area contributed by atoms with Crippen LogP contribution in [0.25, 0.3) is 0 Å². The number of sulfonamides is 1. The lowest BCUT2D eigenvalue weighted by Crippen LogP contribution is -2.49. The van der Waals surface area contributed by atoms with E-state index in [0.717, 1.165) is 5.69 Å². The molecule has 0 radical (unpaired) electrons. The van der Waals surface area contributed by atoms with Gasteiger partial charge in [-0.2, -0.15) is 4.31 Å². The maximum atomic E-state index is 12.6. The Labute approximate surface area is 172 Å². The van der Waals surface area contributed by atoms with Crippen LogP contribution in [0.1, 0.15) is 16.8 Å². The summed E-state index contributed by atoms with van der Waals surface area (Å²) in [6, 6.07) is 17.0. The summed E-state index contributed by atoms with van der Waals surface area (Å²) >= 11 is 0. The van der Waals surface area contributed by atoms with Gasteiger partial charge in [0.1, 0.15) is 5.75 Å². The Morgan fingerprint density at radius 1 is 1.00 bits per heavy atom. The number of anilines is 1. The summed E-state index contributed by atoms with van der Waals surface area (Å²) in [7, 11) is -1.82. The van der Waals surface area contributed by atoms with Crippen LogP contribution in [0.2, 0.25) is 0 Å². The van der Waals surface area contributed by atoms with E-state index in [0.29, 0.717) is 50.5 Å². The van der Waals surface area contributed by atoms with Gasteiger partial charge >= 0.3 is 0 Å². The average Bonchev–Trinajstić information content (AvgIpc) is 2.77. The number of hydrogen-bond acceptors (Lipinski definition) is 5. The van der Waals surface area contributed by atoms with Crippen LogP contribution in [0.15, 0.2) is 54.6 Å². The van der Waals surface area contributed by atoms with Crippen LogP contribution in [-0.4, -0.2) is 64.2 Å². The number of carbonyl (C=O) groups is 1. The SMILES string of the molecule is COc1ccccc1C(=O)NCCCS(=O)(=O)N1CCN(c2ccccc2)CC1. The third-order valence-corrected chi connectivity index (χ3v) is 6.93. The molecule has 1 amide bonds. The number of carbonyl (C=O) groups excluding carboxylic acids is 1. The summed E-state index contributed by atoms with van der Waals surface area (Å²) in [6.07, 6.45) is 0.363. The molecule has 1 aliphatic rings. The fourth-order valence-electron chi connectivity index (χ4n) is 3.38. The summed E-state index contributed by atoms with van der Waals surface area (Å²) in [6.45, 7) is 2.59. The van der Waals surface area contributed by atoms with E-state index in [9.17, 15) is 13.2 Å². The van der Waals surface area contributed by atoms with Crippen LogP contribution >= 0.6 is 0 Å². The number of nitrogens with zero attached hydrogens (tertiary/aromatic N) is 2. The van der Waals surface area contributed by atoms with E-state index in [2.05, 4.69) is 10.2 Å². The third kappa shape index (κ3) is 5.48. The standard InChI is InChI=1S/C21H27N3O4S/c1-28-20-11-6-5-10-19(20)21(25)22-12-7-17-29(26,27)24-15-13-23(14-16-24)18-8-3-2-4-9-18/h2-6,8-11H,7,12-17H2,1H3,(H,22,25). The molecule has 0 saturated carbocycles. The second-order valence-electron chi connectivity index (χ2n) is 6.85. The number of ether oxygens (including phenoxy) is 1. The normalized spacial score (nSPS) is 15.1. The van der Waals surface area contributed by atoms with Gasteiger partial charge in [0.2, 0.25) is 10.0 Å². The topological polar surface area (TPSA) is 78.9 Å². The molecule has 156 valence electrons. The molecule has 0 bridgehead atoms. The van der Waals surface area contributed by atoms with Crippen LogP contribution in [0, 0.1) is 0 Å². The molecule has 1 aliphatic heterocycles. The summed E-state index contributed by atoms with van der Waals surface area (Å²) < 4.78 is 32.0. The van der Waals surface area contributed by atoms with Gasteiger partial charge in [0.05, 0.1) is 18.4 Å². The van der Waals surface area contributed by atoms with Gasteiger partial charge in [0.25, 0.3) is 5.91 Å². The fourth-order valence-corrected chi connectivity index (χ4v) is 4.86. The van der Waals surface area contributed by atoms with Crippen LogP contribution in [0.3, 0.4) is 0 Å². The van der Waals surface area contributed by atoms with Gasteiger partial charge in [-0.1, -0.05) is 30.3 Å². The molecule has 1 saturated heterocycles.